The van der Waals surface area contributed by atoms with Crippen molar-refractivity contribution in [1.82, 2.24) is 4.98 Å². The Hall–Kier alpha value is -2.12. The second-order valence-electron chi connectivity index (χ2n) is 4.29. The zero-order valence-corrected chi connectivity index (χ0v) is 11.0. The van der Waals surface area contributed by atoms with Gasteiger partial charge in [-0.05, 0) is 28.8 Å². The number of rotatable bonds is 2. The van der Waals surface area contributed by atoms with Gasteiger partial charge in [-0.25, -0.2) is 4.98 Å². The van der Waals surface area contributed by atoms with E-state index in [0.29, 0.717) is 5.15 Å². The van der Waals surface area contributed by atoms with Crippen LogP contribution in [0.1, 0.15) is 0 Å². The number of aromatic nitrogens is 1. The van der Waals surface area contributed by atoms with Crippen molar-refractivity contribution < 1.29 is 0 Å². The van der Waals surface area contributed by atoms with Gasteiger partial charge in [0.25, 0.3) is 0 Å². The zero-order chi connectivity index (χ0) is 13.1. The second-order valence-corrected chi connectivity index (χ2v) is 4.64. The van der Waals surface area contributed by atoms with Crippen molar-refractivity contribution in [2.24, 2.45) is 0 Å². The first-order chi connectivity index (χ1) is 9.34. The smallest absolute Gasteiger partial charge is 0.136 e. The van der Waals surface area contributed by atoms with E-state index in [2.05, 4.69) is 41.4 Å². The molecule has 0 atom stereocenters. The third-order valence-corrected chi connectivity index (χ3v) is 3.36. The Balaban J connectivity index is 1.98. The average molecular weight is 266 g/mol. The summed E-state index contributed by atoms with van der Waals surface area (Å²) in [7, 11) is 0. The average Bonchev–Trinajstić information content (AvgIpc) is 2.49. The highest BCUT2D eigenvalue weighted by atomic mass is 35.5. The van der Waals surface area contributed by atoms with Gasteiger partial charge in [-0.15, -0.1) is 0 Å². The molecule has 3 aromatic rings. The van der Waals surface area contributed by atoms with E-state index in [-0.39, 0.29) is 0 Å². The number of nitrogens with zero attached hydrogens (tertiary/aromatic N) is 1. The van der Waals surface area contributed by atoms with Gasteiger partial charge in [0, 0.05) is 11.8 Å². The van der Waals surface area contributed by atoms with Gasteiger partial charge in [0.15, 0.2) is 0 Å². The molecule has 0 radical (unpaired) electrons. The molecule has 0 unspecified atom stereocenters. The molecule has 1 nitrogen and oxygen atoms in total. The van der Waals surface area contributed by atoms with Crippen molar-refractivity contribution in [3.8, 4) is 22.3 Å². The number of halogens is 1. The molecule has 0 aliphatic rings. The molecule has 2 heteroatoms. The molecule has 1 heterocycles. The molecule has 0 fully saturated rings. The van der Waals surface area contributed by atoms with E-state index in [4.69, 9.17) is 11.6 Å². The third kappa shape index (κ3) is 2.51. The SMILES string of the molecule is Clc1ncccc1-c1ccc(-c2ccccc2)cc1. The Morgan fingerprint density at radius 2 is 1.26 bits per heavy atom. The van der Waals surface area contributed by atoms with E-state index in [9.17, 15) is 0 Å². The first-order valence-electron chi connectivity index (χ1n) is 6.11. The Bertz CT molecular complexity index is 675. The lowest BCUT2D eigenvalue weighted by atomic mass is 10.0. The van der Waals surface area contributed by atoms with Crippen molar-refractivity contribution in [3.63, 3.8) is 0 Å². The molecular weight excluding hydrogens is 254 g/mol. The highest BCUT2D eigenvalue weighted by Gasteiger charge is 2.04. The number of hydrogen-bond donors (Lipinski definition) is 0. The van der Waals surface area contributed by atoms with Crippen molar-refractivity contribution in [3.05, 3.63) is 78.1 Å². The van der Waals surface area contributed by atoms with Crippen LogP contribution in [0, 0.1) is 0 Å². The molecule has 0 bridgehead atoms. The summed E-state index contributed by atoms with van der Waals surface area (Å²) in [5.74, 6) is 0. The van der Waals surface area contributed by atoms with Crippen LogP contribution in [0.3, 0.4) is 0 Å². The lowest BCUT2D eigenvalue weighted by Gasteiger charge is -2.05. The van der Waals surface area contributed by atoms with Gasteiger partial charge in [-0.2, -0.15) is 0 Å². The van der Waals surface area contributed by atoms with Crippen LogP contribution in [0.4, 0.5) is 0 Å². The summed E-state index contributed by atoms with van der Waals surface area (Å²) >= 11 is 6.10. The lowest BCUT2D eigenvalue weighted by molar-refractivity contribution is 1.33. The molecule has 0 amide bonds. The summed E-state index contributed by atoms with van der Waals surface area (Å²) in [6, 6.07) is 22.5. The lowest BCUT2D eigenvalue weighted by Crippen LogP contribution is -1.83. The van der Waals surface area contributed by atoms with Gasteiger partial charge in [-0.1, -0.05) is 66.2 Å². The minimum Gasteiger partial charge on any atom is -0.244 e. The summed E-state index contributed by atoms with van der Waals surface area (Å²) in [5, 5.41) is 0.537. The van der Waals surface area contributed by atoms with E-state index < -0.39 is 0 Å². The van der Waals surface area contributed by atoms with Gasteiger partial charge in [0.2, 0.25) is 0 Å². The first-order valence-corrected chi connectivity index (χ1v) is 6.49. The standard InChI is InChI=1S/C17H12ClN/c18-17-16(7-4-12-19-17)15-10-8-14(9-11-15)13-5-2-1-3-6-13/h1-12H. The van der Waals surface area contributed by atoms with E-state index in [0.717, 1.165) is 11.1 Å². The first kappa shape index (κ1) is 11.9. The number of benzene rings is 2. The molecule has 19 heavy (non-hydrogen) atoms. The second kappa shape index (κ2) is 5.25. The highest BCUT2D eigenvalue weighted by molar-refractivity contribution is 6.32. The summed E-state index contributed by atoms with van der Waals surface area (Å²) in [6.07, 6.45) is 1.70. The summed E-state index contributed by atoms with van der Waals surface area (Å²) < 4.78 is 0. The fraction of sp³-hybridized carbons (Fsp3) is 0. The van der Waals surface area contributed by atoms with Gasteiger partial charge in [0.1, 0.15) is 5.15 Å². The van der Waals surface area contributed by atoms with E-state index >= 15 is 0 Å². The summed E-state index contributed by atoms with van der Waals surface area (Å²) in [6.45, 7) is 0. The Kier molecular flexibility index (Phi) is 3.30. The van der Waals surface area contributed by atoms with Crippen molar-refractivity contribution >= 4 is 11.6 Å². The topological polar surface area (TPSA) is 12.9 Å². The quantitative estimate of drug-likeness (QED) is 0.590. The number of hydrogen-bond acceptors (Lipinski definition) is 1. The summed E-state index contributed by atoms with van der Waals surface area (Å²) in [5.41, 5.74) is 4.46. The predicted octanol–water partition coefficient (Wildman–Crippen LogP) is 5.07. The van der Waals surface area contributed by atoms with Crippen LogP contribution in [0.15, 0.2) is 72.9 Å². The monoisotopic (exact) mass is 265 g/mol. The maximum Gasteiger partial charge on any atom is 0.136 e. The molecule has 0 spiro atoms. The molecule has 0 N–H and O–H groups in total. The van der Waals surface area contributed by atoms with Crippen LogP contribution >= 0.6 is 11.6 Å². The Morgan fingerprint density at radius 1 is 0.632 bits per heavy atom. The van der Waals surface area contributed by atoms with E-state index in [1.807, 2.05) is 30.3 Å². The minimum atomic E-state index is 0.537. The van der Waals surface area contributed by atoms with Crippen LogP contribution < -0.4 is 0 Å². The maximum absolute atomic E-state index is 6.10. The predicted molar refractivity (Wildman–Crippen MR) is 80.1 cm³/mol. The van der Waals surface area contributed by atoms with Crippen molar-refractivity contribution in [1.29, 1.82) is 0 Å². The summed E-state index contributed by atoms with van der Waals surface area (Å²) in [4.78, 5) is 4.10. The zero-order valence-electron chi connectivity index (χ0n) is 10.3. The fourth-order valence-electron chi connectivity index (χ4n) is 2.07. The van der Waals surface area contributed by atoms with Crippen molar-refractivity contribution in [2.45, 2.75) is 0 Å². The molecule has 0 aliphatic carbocycles. The van der Waals surface area contributed by atoms with Gasteiger partial charge < -0.3 is 0 Å². The Labute approximate surface area is 117 Å². The van der Waals surface area contributed by atoms with E-state index in [1.54, 1.807) is 6.20 Å². The molecule has 0 saturated heterocycles. The van der Waals surface area contributed by atoms with Crippen LogP contribution in [0.5, 0.6) is 0 Å². The molecule has 92 valence electrons. The van der Waals surface area contributed by atoms with Crippen LogP contribution in [-0.4, -0.2) is 4.98 Å². The van der Waals surface area contributed by atoms with Crippen LogP contribution in [0.2, 0.25) is 5.15 Å². The molecule has 0 aliphatic heterocycles. The maximum atomic E-state index is 6.10. The Morgan fingerprint density at radius 3 is 1.95 bits per heavy atom. The molecular formula is C17H12ClN. The molecule has 3 rings (SSSR count). The van der Waals surface area contributed by atoms with Crippen LogP contribution in [0.25, 0.3) is 22.3 Å². The van der Waals surface area contributed by atoms with Crippen molar-refractivity contribution in [2.75, 3.05) is 0 Å². The van der Waals surface area contributed by atoms with Crippen LogP contribution in [-0.2, 0) is 0 Å². The largest absolute Gasteiger partial charge is 0.244 e. The highest BCUT2D eigenvalue weighted by Crippen LogP contribution is 2.28. The normalized spacial score (nSPS) is 10.4. The molecule has 2 aromatic carbocycles. The third-order valence-electron chi connectivity index (χ3n) is 3.06. The molecule has 0 saturated carbocycles. The minimum absolute atomic E-state index is 0.537. The van der Waals surface area contributed by atoms with Gasteiger partial charge in [-0.3, -0.25) is 0 Å². The van der Waals surface area contributed by atoms with Gasteiger partial charge >= 0.3 is 0 Å². The molecule has 1 aromatic heterocycles. The fourth-order valence-corrected chi connectivity index (χ4v) is 2.30. The number of pyridine rings is 1. The van der Waals surface area contributed by atoms with Gasteiger partial charge in [0.05, 0.1) is 0 Å². The van der Waals surface area contributed by atoms with E-state index in [1.165, 1.54) is 11.1 Å².